The molecule has 102 valence electrons. The zero-order valence-electron chi connectivity index (χ0n) is 11.3. The van der Waals surface area contributed by atoms with Crippen molar-refractivity contribution >= 4 is 10.0 Å². The summed E-state index contributed by atoms with van der Waals surface area (Å²) in [7, 11) is -3.06. The molecule has 0 atom stereocenters. The van der Waals surface area contributed by atoms with Crippen LogP contribution >= 0.6 is 0 Å². The van der Waals surface area contributed by atoms with Crippen LogP contribution in [0.25, 0.3) is 0 Å². The van der Waals surface area contributed by atoms with Gasteiger partial charge in [-0.2, -0.15) is 0 Å². The van der Waals surface area contributed by atoms with E-state index in [0.717, 1.165) is 25.8 Å². The molecule has 0 radical (unpaired) electrons. The van der Waals surface area contributed by atoms with Crippen LogP contribution in [-0.4, -0.2) is 44.7 Å². The zero-order valence-corrected chi connectivity index (χ0v) is 12.1. The molecule has 0 spiro atoms. The number of rotatable bonds is 6. The third kappa shape index (κ3) is 4.94. The van der Waals surface area contributed by atoms with Crippen molar-refractivity contribution < 1.29 is 8.42 Å². The van der Waals surface area contributed by atoms with Crippen molar-refractivity contribution in [3.8, 4) is 0 Å². The summed E-state index contributed by atoms with van der Waals surface area (Å²) < 4.78 is 25.9. The van der Waals surface area contributed by atoms with Gasteiger partial charge in [0.25, 0.3) is 0 Å². The highest BCUT2D eigenvalue weighted by Gasteiger charge is 2.32. The van der Waals surface area contributed by atoms with Crippen LogP contribution < -0.4 is 5.32 Å². The molecular weight excluding hydrogens is 236 g/mol. The maximum absolute atomic E-state index is 12.1. The van der Waals surface area contributed by atoms with Gasteiger partial charge < -0.3 is 5.32 Å². The van der Waals surface area contributed by atoms with E-state index < -0.39 is 10.0 Å². The number of sulfonamides is 1. The van der Waals surface area contributed by atoms with E-state index in [0.29, 0.717) is 19.6 Å². The Balaban J connectivity index is 2.46. The number of nitrogens with zero attached hydrogens (tertiary/aromatic N) is 1. The van der Waals surface area contributed by atoms with Gasteiger partial charge in [0, 0.05) is 19.6 Å². The molecule has 0 bridgehead atoms. The fourth-order valence-corrected chi connectivity index (χ4v) is 3.85. The Morgan fingerprint density at radius 3 is 2.59 bits per heavy atom. The molecule has 1 aliphatic heterocycles. The fourth-order valence-electron chi connectivity index (χ4n) is 2.24. The minimum absolute atomic E-state index is 0.127. The summed E-state index contributed by atoms with van der Waals surface area (Å²) in [6.45, 7) is 9.18. The van der Waals surface area contributed by atoms with E-state index in [4.69, 9.17) is 0 Å². The molecule has 0 aliphatic carbocycles. The summed E-state index contributed by atoms with van der Waals surface area (Å²) in [5, 5.41) is 3.15. The first-order valence-corrected chi connectivity index (χ1v) is 8.17. The van der Waals surface area contributed by atoms with Gasteiger partial charge in [0.15, 0.2) is 0 Å². The smallest absolute Gasteiger partial charge is 0.215 e. The van der Waals surface area contributed by atoms with Crippen molar-refractivity contribution in [1.82, 2.24) is 9.62 Å². The second-order valence-corrected chi connectivity index (χ2v) is 7.76. The lowest BCUT2D eigenvalue weighted by Crippen LogP contribution is -2.45. The van der Waals surface area contributed by atoms with Crippen LogP contribution in [0.2, 0.25) is 0 Å². The molecule has 0 aromatic heterocycles. The lowest BCUT2D eigenvalue weighted by molar-refractivity contribution is 0.187. The Hall–Kier alpha value is -0.130. The summed E-state index contributed by atoms with van der Waals surface area (Å²) >= 11 is 0. The average molecular weight is 262 g/mol. The monoisotopic (exact) mass is 262 g/mol. The maximum atomic E-state index is 12.1. The van der Waals surface area contributed by atoms with E-state index in [-0.39, 0.29) is 11.2 Å². The molecule has 0 aromatic carbocycles. The summed E-state index contributed by atoms with van der Waals surface area (Å²) in [4.78, 5) is 0. The van der Waals surface area contributed by atoms with E-state index in [2.05, 4.69) is 26.1 Å². The third-order valence-electron chi connectivity index (χ3n) is 3.22. The highest BCUT2D eigenvalue weighted by molar-refractivity contribution is 7.89. The van der Waals surface area contributed by atoms with Crippen LogP contribution in [-0.2, 0) is 10.0 Å². The number of nitrogens with one attached hydrogen (secondary N) is 1. The predicted molar refractivity (Wildman–Crippen MR) is 71.5 cm³/mol. The van der Waals surface area contributed by atoms with Crippen molar-refractivity contribution in [3.05, 3.63) is 0 Å². The van der Waals surface area contributed by atoms with Gasteiger partial charge in [0.2, 0.25) is 10.0 Å². The van der Waals surface area contributed by atoms with Gasteiger partial charge in [0.05, 0.1) is 5.75 Å². The molecule has 0 amide bonds. The highest BCUT2D eigenvalue weighted by atomic mass is 32.2. The van der Waals surface area contributed by atoms with Crippen LogP contribution in [0.15, 0.2) is 0 Å². The van der Waals surface area contributed by atoms with Gasteiger partial charge >= 0.3 is 0 Å². The minimum Gasteiger partial charge on any atom is -0.316 e. The summed E-state index contributed by atoms with van der Waals surface area (Å²) in [6.07, 6.45) is 3.14. The van der Waals surface area contributed by atoms with Gasteiger partial charge in [-0.15, -0.1) is 0 Å². The molecule has 1 aliphatic rings. The maximum Gasteiger partial charge on any atom is 0.215 e. The standard InChI is InChI=1S/C12H26N2O2S/c1-4-7-13-8-10-17(15,16)14-9-5-6-12(2,3)11-14/h13H,4-11H2,1-3H3. The van der Waals surface area contributed by atoms with E-state index in [1.807, 2.05) is 0 Å². The second kappa shape index (κ2) is 6.16. The average Bonchev–Trinajstić information content (AvgIpc) is 2.23. The van der Waals surface area contributed by atoms with Crippen molar-refractivity contribution in [2.24, 2.45) is 5.41 Å². The largest absolute Gasteiger partial charge is 0.316 e. The molecule has 1 N–H and O–H groups in total. The molecule has 1 fully saturated rings. The van der Waals surface area contributed by atoms with Crippen LogP contribution in [0, 0.1) is 5.41 Å². The molecule has 1 saturated heterocycles. The van der Waals surface area contributed by atoms with Crippen molar-refractivity contribution in [2.75, 3.05) is 31.9 Å². The Morgan fingerprint density at radius 1 is 1.29 bits per heavy atom. The summed E-state index contributed by atoms with van der Waals surface area (Å²) in [5.74, 6) is 0.225. The van der Waals surface area contributed by atoms with Gasteiger partial charge in [-0.05, 0) is 31.2 Å². The van der Waals surface area contributed by atoms with Crippen LogP contribution in [0.5, 0.6) is 0 Å². The van der Waals surface area contributed by atoms with E-state index in [1.165, 1.54) is 0 Å². The fraction of sp³-hybridized carbons (Fsp3) is 1.00. The number of piperidine rings is 1. The number of hydrogen-bond donors (Lipinski definition) is 1. The van der Waals surface area contributed by atoms with Crippen LogP contribution in [0.1, 0.15) is 40.0 Å². The predicted octanol–water partition coefficient (Wildman–Crippen LogP) is 1.44. The Morgan fingerprint density at radius 2 is 2.00 bits per heavy atom. The van der Waals surface area contributed by atoms with E-state index in [9.17, 15) is 8.42 Å². The summed E-state index contributed by atoms with van der Waals surface area (Å²) in [5.41, 5.74) is 0.127. The topological polar surface area (TPSA) is 49.4 Å². The Kier molecular flexibility index (Phi) is 5.41. The molecule has 0 unspecified atom stereocenters. The van der Waals surface area contributed by atoms with E-state index in [1.54, 1.807) is 4.31 Å². The minimum atomic E-state index is -3.06. The molecule has 0 aromatic rings. The number of hydrogen-bond acceptors (Lipinski definition) is 3. The zero-order chi connectivity index (χ0) is 12.9. The van der Waals surface area contributed by atoms with Crippen molar-refractivity contribution in [2.45, 2.75) is 40.0 Å². The highest BCUT2D eigenvalue weighted by Crippen LogP contribution is 2.29. The van der Waals surface area contributed by atoms with Gasteiger partial charge in [-0.1, -0.05) is 20.8 Å². The van der Waals surface area contributed by atoms with Crippen LogP contribution in [0.4, 0.5) is 0 Å². The first-order chi connectivity index (χ1) is 7.87. The first-order valence-electron chi connectivity index (χ1n) is 6.56. The molecule has 17 heavy (non-hydrogen) atoms. The SMILES string of the molecule is CCCNCCS(=O)(=O)N1CCCC(C)(C)C1. The van der Waals surface area contributed by atoms with Crippen LogP contribution in [0.3, 0.4) is 0 Å². The molecule has 0 saturated carbocycles. The lowest BCUT2D eigenvalue weighted by Gasteiger charge is -2.37. The Bertz CT molecular complexity index is 325. The quantitative estimate of drug-likeness (QED) is 0.737. The molecular formula is C12H26N2O2S. The van der Waals surface area contributed by atoms with Gasteiger partial charge in [0.1, 0.15) is 0 Å². The summed E-state index contributed by atoms with van der Waals surface area (Å²) in [6, 6.07) is 0. The molecule has 1 rings (SSSR count). The molecule has 4 nitrogen and oxygen atoms in total. The molecule has 1 heterocycles. The molecule has 5 heteroatoms. The van der Waals surface area contributed by atoms with Gasteiger partial charge in [-0.25, -0.2) is 12.7 Å². The van der Waals surface area contributed by atoms with Crippen molar-refractivity contribution in [1.29, 1.82) is 0 Å². The van der Waals surface area contributed by atoms with Gasteiger partial charge in [-0.3, -0.25) is 0 Å². The Labute approximate surface area is 106 Å². The van der Waals surface area contributed by atoms with Crippen molar-refractivity contribution in [3.63, 3.8) is 0 Å². The van der Waals surface area contributed by atoms with E-state index >= 15 is 0 Å². The normalized spacial score (nSPS) is 21.6. The first kappa shape index (κ1) is 14.9. The second-order valence-electron chi connectivity index (χ2n) is 5.67. The third-order valence-corrected chi connectivity index (χ3v) is 5.04. The lowest BCUT2D eigenvalue weighted by atomic mass is 9.85.